The number of sulfonamides is 1. The summed E-state index contributed by atoms with van der Waals surface area (Å²) >= 11 is 0. The summed E-state index contributed by atoms with van der Waals surface area (Å²) in [6.07, 6.45) is 0.517. The van der Waals surface area contributed by atoms with E-state index in [1.165, 1.54) is 4.90 Å². The normalized spacial score (nSPS) is 16.5. The molecule has 7 heteroatoms. The number of anilines is 1. The second-order valence-electron chi connectivity index (χ2n) is 7.71. The zero-order valence-corrected chi connectivity index (χ0v) is 18.1. The average Bonchev–Trinajstić information content (AvgIpc) is 2.74. The number of benzene rings is 2. The standard InChI is InChI=1S/C22H31N3O3S/c1-24(2)21-10-8-20(9-11-21)22(25-13-15-28-16-14-25)18-23-29(26,27)17-12-19-6-4-3-5-7-19/h3-11,22-23H,12-18H2,1-2H3/p+1/t22-/m0/s1. The molecule has 1 aliphatic rings. The summed E-state index contributed by atoms with van der Waals surface area (Å²) in [5, 5.41) is 0. The van der Waals surface area contributed by atoms with Crippen molar-refractivity contribution in [2.45, 2.75) is 12.5 Å². The van der Waals surface area contributed by atoms with Crippen LogP contribution >= 0.6 is 0 Å². The SMILES string of the molecule is CN(C)c1ccc([C@H](CNS(=O)(=O)CCc2ccccc2)[NH+]2CCOCC2)cc1. The van der Waals surface area contributed by atoms with Gasteiger partial charge in [0.05, 0.1) is 25.5 Å². The van der Waals surface area contributed by atoms with Gasteiger partial charge in [-0.2, -0.15) is 0 Å². The van der Waals surface area contributed by atoms with Crippen molar-refractivity contribution < 1.29 is 18.1 Å². The number of ether oxygens (including phenoxy) is 1. The van der Waals surface area contributed by atoms with Gasteiger partial charge in [-0.3, -0.25) is 0 Å². The fourth-order valence-corrected chi connectivity index (χ4v) is 4.73. The smallest absolute Gasteiger partial charge is 0.212 e. The molecule has 0 aliphatic carbocycles. The number of rotatable bonds is 9. The van der Waals surface area contributed by atoms with E-state index >= 15 is 0 Å². The summed E-state index contributed by atoms with van der Waals surface area (Å²) in [7, 11) is 0.683. The molecule has 2 aromatic carbocycles. The van der Waals surface area contributed by atoms with Crippen molar-refractivity contribution in [2.24, 2.45) is 0 Å². The van der Waals surface area contributed by atoms with Gasteiger partial charge < -0.3 is 14.5 Å². The van der Waals surface area contributed by atoms with Crippen LogP contribution in [0.5, 0.6) is 0 Å². The third-order valence-corrected chi connectivity index (χ3v) is 6.80. The van der Waals surface area contributed by atoms with E-state index in [0.29, 0.717) is 26.2 Å². The first-order valence-electron chi connectivity index (χ1n) is 10.2. The maximum absolute atomic E-state index is 12.6. The summed E-state index contributed by atoms with van der Waals surface area (Å²) in [4.78, 5) is 3.42. The van der Waals surface area contributed by atoms with Crippen molar-refractivity contribution in [1.29, 1.82) is 0 Å². The maximum Gasteiger partial charge on any atom is 0.212 e. The lowest BCUT2D eigenvalue weighted by Gasteiger charge is -2.32. The monoisotopic (exact) mass is 418 g/mol. The molecule has 6 nitrogen and oxygen atoms in total. The predicted octanol–water partition coefficient (Wildman–Crippen LogP) is 0.871. The van der Waals surface area contributed by atoms with Gasteiger partial charge in [0.15, 0.2) is 0 Å². The second kappa shape index (κ2) is 10.2. The molecule has 2 N–H and O–H groups in total. The predicted molar refractivity (Wildman–Crippen MR) is 117 cm³/mol. The van der Waals surface area contributed by atoms with E-state index in [0.717, 1.165) is 29.9 Å². The Morgan fingerprint density at radius 1 is 1.03 bits per heavy atom. The Morgan fingerprint density at radius 3 is 2.31 bits per heavy atom. The van der Waals surface area contributed by atoms with Crippen LogP contribution in [0.2, 0.25) is 0 Å². The molecule has 1 heterocycles. The molecule has 0 amide bonds. The van der Waals surface area contributed by atoms with Crippen molar-refractivity contribution in [3.8, 4) is 0 Å². The van der Waals surface area contributed by atoms with Gasteiger partial charge in [-0.25, -0.2) is 13.1 Å². The molecule has 158 valence electrons. The quantitative estimate of drug-likeness (QED) is 0.634. The zero-order valence-electron chi connectivity index (χ0n) is 17.3. The number of hydrogen-bond acceptors (Lipinski definition) is 4. The van der Waals surface area contributed by atoms with Crippen LogP contribution < -0.4 is 14.5 Å². The van der Waals surface area contributed by atoms with E-state index in [9.17, 15) is 8.42 Å². The fraction of sp³-hybridized carbons (Fsp3) is 0.455. The molecule has 0 unspecified atom stereocenters. The number of aryl methyl sites for hydroxylation is 1. The third kappa shape index (κ3) is 6.54. The van der Waals surface area contributed by atoms with Crippen molar-refractivity contribution in [3.63, 3.8) is 0 Å². The molecule has 2 aromatic rings. The lowest BCUT2D eigenvalue weighted by atomic mass is 10.0. The van der Waals surface area contributed by atoms with Gasteiger partial charge in [-0.1, -0.05) is 42.5 Å². The van der Waals surface area contributed by atoms with Gasteiger partial charge in [0.1, 0.15) is 19.1 Å². The van der Waals surface area contributed by atoms with Crippen LogP contribution in [-0.2, 0) is 21.2 Å². The molecule has 1 saturated heterocycles. The lowest BCUT2D eigenvalue weighted by molar-refractivity contribution is -0.937. The van der Waals surface area contributed by atoms with Crippen LogP contribution in [-0.4, -0.2) is 61.1 Å². The lowest BCUT2D eigenvalue weighted by Crippen LogP contribution is -3.15. The fourth-order valence-electron chi connectivity index (χ4n) is 3.66. The van der Waals surface area contributed by atoms with Crippen molar-refractivity contribution in [3.05, 3.63) is 65.7 Å². The van der Waals surface area contributed by atoms with Crippen LogP contribution in [0.25, 0.3) is 0 Å². The Morgan fingerprint density at radius 2 is 1.69 bits per heavy atom. The molecular formula is C22H32N3O3S+. The van der Waals surface area contributed by atoms with E-state index < -0.39 is 10.0 Å². The number of morpholine rings is 1. The van der Waals surface area contributed by atoms with Crippen LogP contribution in [0.3, 0.4) is 0 Å². The van der Waals surface area contributed by atoms with Gasteiger partial charge in [0, 0.05) is 25.3 Å². The molecule has 0 saturated carbocycles. The van der Waals surface area contributed by atoms with Crippen molar-refractivity contribution >= 4 is 15.7 Å². The minimum Gasteiger partial charge on any atom is -0.378 e. The minimum absolute atomic E-state index is 0.0709. The number of nitrogens with zero attached hydrogens (tertiary/aromatic N) is 1. The van der Waals surface area contributed by atoms with Gasteiger partial charge >= 0.3 is 0 Å². The van der Waals surface area contributed by atoms with Gasteiger partial charge in [0.2, 0.25) is 10.0 Å². The number of hydrogen-bond donors (Lipinski definition) is 2. The van der Waals surface area contributed by atoms with Crippen LogP contribution in [0.1, 0.15) is 17.2 Å². The molecule has 0 bridgehead atoms. The summed E-state index contributed by atoms with van der Waals surface area (Å²) in [5.74, 6) is 0.0990. The molecule has 3 rings (SSSR count). The molecule has 0 spiro atoms. The first kappa shape index (κ1) is 21.8. The maximum atomic E-state index is 12.6. The minimum atomic E-state index is -3.35. The first-order chi connectivity index (χ1) is 13.9. The molecule has 1 fully saturated rings. The van der Waals surface area contributed by atoms with E-state index in [2.05, 4.69) is 33.9 Å². The Bertz CT molecular complexity index is 849. The Labute approximate surface area is 174 Å². The van der Waals surface area contributed by atoms with Crippen LogP contribution in [0.4, 0.5) is 5.69 Å². The molecular weight excluding hydrogens is 386 g/mol. The van der Waals surface area contributed by atoms with E-state index in [1.807, 2.05) is 44.4 Å². The third-order valence-electron chi connectivity index (χ3n) is 5.45. The Kier molecular flexibility index (Phi) is 7.66. The average molecular weight is 419 g/mol. The van der Waals surface area contributed by atoms with Gasteiger partial charge in [0.25, 0.3) is 0 Å². The first-order valence-corrected chi connectivity index (χ1v) is 11.8. The van der Waals surface area contributed by atoms with Crippen molar-refractivity contribution in [2.75, 3.05) is 57.6 Å². The second-order valence-corrected chi connectivity index (χ2v) is 9.64. The number of quaternary nitrogens is 1. The van der Waals surface area contributed by atoms with Crippen molar-refractivity contribution in [1.82, 2.24) is 4.72 Å². The highest BCUT2D eigenvalue weighted by Gasteiger charge is 2.28. The Hall–Kier alpha value is -1.93. The van der Waals surface area contributed by atoms with E-state index in [1.54, 1.807) is 0 Å². The molecule has 0 aromatic heterocycles. The van der Waals surface area contributed by atoms with Crippen LogP contribution in [0, 0.1) is 0 Å². The summed E-state index contributed by atoms with van der Waals surface area (Å²) in [6.45, 7) is 3.58. The molecule has 1 aliphatic heterocycles. The topological polar surface area (TPSA) is 63.1 Å². The number of nitrogens with one attached hydrogen (secondary N) is 2. The van der Waals surface area contributed by atoms with Gasteiger partial charge in [-0.15, -0.1) is 0 Å². The highest BCUT2D eigenvalue weighted by Crippen LogP contribution is 2.17. The zero-order chi connectivity index (χ0) is 20.7. The summed E-state index contributed by atoms with van der Waals surface area (Å²) < 4.78 is 33.6. The van der Waals surface area contributed by atoms with E-state index in [4.69, 9.17) is 4.74 Å². The van der Waals surface area contributed by atoms with Crippen LogP contribution in [0.15, 0.2) is 54.6 Å². The highest BCUT2D eigenvalue weighted by molar-refractivity contribution is 7.89. The largest absolute Gasteiger partial charge is 0.378 e. The Balaban J connectivity index is 1.67. The molecule has 29 heavy (non-hydrogen) atoms. The summed E-state index contributed by atoms with van der Waals surface area (Å²) in [5.41, 5.74) is 3.32. The van der Waals surface area contributed by atoms with Gasteiger partial charge in [-0.05, 0) is 24.1 Å². The highest BCUT2D eigenvalue weighted by atomic mass is 32.2. The molecule has 0 radical (unpaired) electrons. The van der Waals surface area contributed by atoms with E-state index in [-0.39, 0.29) is 11.8 Å². The molecule has 1 atom stereocenters. The summed E-state index contributed by atoms with van der Waals surface area (Å²) in [6, 6.07) is 18.2.